The van der Waals surface area contributed by atoms with Crippen molar-refractivity contribution in [3.63, 3.8) is 0 Å². The molecule has 0 aromatic heterocycles. The van der Waals surface area contributed by atoms with E-state index in [1.165, 1.54) is 10.5 Å². The van der Waals surface area contributed by atoms with E-state index in [1.807, 2.05) is 24.3 Å². The summed E-state index contributed by atoms with van der Waals surface area (Å²) in [7, 11) is 4.25. The van der Waals surface area contributed by atoms with Gasteiger partial charge in [0.1, 0.15) is 6.54 Å². The molecule has 22 heavy (non-hydrogen) atoms. The molecule has 0 fully saturated rings. The van der Waals surface area contributed by atoms with E-state index in [4.69, 9.17) is 0 Å². The van der Waals surface area contributed by atoms with Gasteiger partial charge in [-0.05, 0) is 16.7 Å². The van der Waals surface area contributed by atoms with Crippen LogP contribution in [0.5, 0.6) is 0 Å². The van der Waals surface area contributed by atoms with E-state index in [0.29, 0.717) is 0 Å². The number of nitrogens with one attached hydrogen (secondary N) is 1. The van der Waals surface area contributed by atoms with E-state index in [0.717, 1.165) is 23.2 Å². The van der Waals surface area contributed by atoms with Crippen LogP contribution in [0.3, 0.4) is 0 Å². The number of carbonyl (C=O) groups excluding carboxylic acids is 1. The molecule has 0 atom stereocenters. The van der Waals surface area contributed by atoms with E-state index < -0.39 is 11.4 Å². The van der Waals surface area contributed by atoms with Gasteiger partial charge in [0.15, 0.2) is 0 Å². The first-order valence-corrected chi connectivity index (χ1v) is 7.51. The SMILES string of the molecule is C[NH+](C)Cc1ccc(-c2cccc(C(C)(C)C(=O)[O-])c2)cc1. The molecule has 0 spiro atoms. The standard InChI is InChI=1S/C19H23NO2/c1-19(2,18(21)22)17-7-5-6-16(12-17)15-10-8-14(9-11-15)13-20(3)4/h5-12H,13H2,1-4H3,(H,21,22). The highest BCUT2D eigenvalue weighted by Crippen LogP contribution is 2.27. The molecule has 0 aliphatic rings. The normalized spacial score (nSPS) is 11.7. The van der Waals surface area contributed by atoms with Crippen LogP contribution in [-0.4, -0.2) is 20.1 Å². The molecule has 3 nitrogen and oxygen atoms in total. The molecule has 0 bridgehead atoms. The van der Waals surface area contributed by atoms with Gasteiger partial charge in [-0.3, -0.25) is 0 Å². The van der Waals surface area contributed by atoms with Gasteiger partial charge in [0.05, 0.1) is 20.1 Å². The zero-order chi connectivity index (χ0) is 16.3. The number of hydrogen-bond donors (Lipinski definition) is 1. The van der Waals surface area contributed by atoms with Crippen molar-refractivity contribution in [2.45, 2.75) is 25.8 Å². The molecule has 2 aromatic rings. The molecule has 0 unspecified atom stereocenters. The quantitative estimate of drug-likeness (QED) is 0.896. The average molecular weight is 297 g/mol. The summed E-state index contributed by atoms with van der Waals surface area (Å²) < 4.78 is 0. The van der Waals surface area contributed by atoms with Crippen molar-refractivity contribution < 1.29 is 14.8 Å². The second-order valence-corrected chi connectivity index (χ2v) is 6.57. The van der Waals surface area contributed by atoms with Crippen molar-refractivity contribution in [1.29, 1.82) is 0 Å². The minimum absolute atomic E-state index is 0.756. The predicted octanol–water partition coefficient (Wildman–Crippen LogP) is 1.03. The molecule has 0 aliphatic carbocycles. The Balaban J connectivity index is 2.32. The van der Waals surface area contributed by atoms with Crippen molar-refractivity contribution in [2.75, 3.05) is 14.1 Å². The molecule has 2 rings (SSSR count). The van der Waals surface area contributed by atoms with Crippen LogP contribution in [0.2, 0.25) is 0 Å². The number of carbonyl (C=O) groups is 1. The van der Waals surface area contributed by atoms with Crippen LogP contribution in [-0.2, 0) is 16.8 Å². The Labute approximate surface area is 132 Å². The molecule has 0 radical (unpaired) electrons. The summed E-state index contributed by atoms with van der Waals surface area (Å²) in [6, 6.07) is 16.1. The van der Waals surface area contributed by atoms with Crippen LogP contribution in [0.15, 0.2) is 48.5 Å². The van der Waals surface area contributed by atoms with E-state index in [2.05, 4.69) is 38.4 Å². The third kappa shape index (κ3) is 3.55. The lowest BCUT2D eigenvalue weighted by molar-refractivity contribution is -0.872. The van der Waals surface area contributed by atoms with E-state index in [1.54, 1.807) is 13.8 Å². The number of quaternary nitrogens is 1. The third-order valence-corrected chi connectivity index (χ3v) is 3.94. The van der Waals surface area contributed by atoms with Gasteiger partial charge < -0.3 is 14.8 Å². The Morgan fingerprint density at radius 3 is 2.23 bits per heavy atom. The van der Waals surface area contributed by atoms with Crippen molar-refractivity contribution in [3.05, 3.63) is 59.7 Å². The van der Waals surface area contributed by atoms with E-state index >= 15 is 0 Å². The summed E-state index contributed by atoms with van der Waals surface area (Å²) in [6.07, 6.45) is 0. The zero-order valence-corrected chi connectivity index (χ0v) is 13.6. The van der Waals surface area contributed by atoms with Gasteiger partial charge >= 0.3 is 0 Å². The first-order chi connectivity index (χ1) is 10.3. The zero-order valence-electron chi connectivity index (χ0n) is 13.6. The van der Waals surface area contributed by atoms with Crippen LogP contribution >= 0.6 is 0 Å². The molecule has 0 saturated heterocycles. The van der Waals surface area contributed by atoms with E-state index in [-0.39, 0.29) is 0 Å². The Morgan fingerprint density at radius 1 is 1.05 bits per heavy atom. The maximum atomic E-state index is 11.3. The lowest BCUT2D eigenvalue weighted by Crippen LogP contribution is -3.04. The third-order valence-electron chi connectivity index (χ3n) is 3.94. The molecular formula is C19H23NO2. The van der Waals surface area contributed by atoms with Gasteiger partial charge in [-0.15, -0.1) is 0 Å². The summed E-state index contributed by atoms with van der Waals surface area (Å²) in [4.78, 5) is 12.7. The number of carboxylic acids is 1. The molecule has 0 amide bonds. The molecule has 2 aromatic carbocycles. The maximum Gasteiger partial charge on any atom is 0.102 e. The Hall–Kier alpha value is -2.13. The monoisotopic (exact) mass is 297 g/mol. The fourth-order valence-corrected chi connectivity index (χ4v) is 2.43. The van der Waals surface area contributed by atoms with Crippen molar-refractivity contribution >= 4 is 5.97 Å². The number of rotatable bonds is 5. The fraction of sp³-hybridized carbons (Fsp3) is 0.316. The van der Waals surface area contributed by atoms with Gasteiger partial charge in [0.2, 0.25) is 0 Å². The van der Waals surface area contributed by atoms with E-state index in [9.17, 15) is 9.90 Å². The van der Waals surface area contributed by atoms with Crippen LogP contribution in [0.25, 0.3) is 11.1 Å². The highest BCUT2D eigenvalue weighted by Gasteiger charge is 2.22. The van der Waals surface area contributed by atoms with Crippen LogP contribution in [0, 0.1) is 0 Å². The molecule has 3 heteroatoms. The highest BCUT2D eigenvalue weighted by molar-refractivity contribution is 5.79. The highest BCUT2D eigenvalue weighted by atomic mass is 16.4. The molecular weight excluding hydrogens is 274 g/mol. The minimum Gasteiger partial charge on any atom is -0.549 e. The largest absolute Gasteiger partial charge is 0.549 e. The Bertz CT molecular complexity index is 657. The summed E-state index contributed by atoms with van der Waals surface area (Å²) in [6.45, 7) is 4.33. The summed E-state index contributed by atoms with van der Waals surface area (Å²) in [5.41, 5.74) is 3.16. The number of hydrogen-bond acceptors (Lipinski definition) is 2. The van der Waals surface area contributed by atoms with Crippen LogP contribution in [0.4, 0.5) is 0 Å². The van der Waals surface area contributed by atoms with Crippen molar-refractivity contribution in [2.24, 2.45) is 0 Å². The predicted molar refractivity (Wildman–Crippen MR) is 86.4 cm³/mol. The van der Waals surface area contributed by atoms with Gasteiger partial charge in [-0.1, -0.05) is 62.4 Å². The van der Waals surface area contributed by atoms with Crippen LogP contribution < -0.4 is 10.0 Å². The first-order valence-electron chi connectivity index (χ1n) is 7.51. The lowest BCUT2D eigenvalue weighted by atomic mass is 9.83. The Morgan fingerprint density at radius 2 is 1.68 bits per heavy atom. The van der Waals surface area contributed by atoms with Gasteiger partial charge in [-0.2, -0.15) is 0 Å². The van der Waals surface area contributed by atoms with Gasteiger partial charge in [-0.25, -0.2) is 0 Å². The van der Waals surface area contributed by atoms with Crippen LogP contribution in [0.1, 0.15) is 25.0 Å². The molecule has 0 aliphatic heterocycles. The maximum absolute atomic E-state index is 11.3. The summed E-state index contributed by atoms with van der Waals surface area (Å²) >= 11 is 0. The Kier molecular flexibility index (Phi) is 4.67. The summed E-state index contributed by atoms with van der Waals surface area (Å²) in [5.74, 6) is -1.06. The van der Waals surface area contributed by atoms with Crippen molar-refractivity contribution in [3.8, 4) is 11.1 Å². The van der Waals surface area contributed by atoms with Gasteiger partial charge in [0.25, 0.3) is 0 Å². The summed E-state index contributed by atoms with van der Waals surface area (Å²) in [5, 5.41) is 11.3. The molecule has 116 valence electrons. The van der Waals surface area contributed by atoms with Gasteiger partial charge in [0, 0.05) is 11.0 Å². The topological polar surface area (TPSA) is 44.6 Å². The molecule has 0 saturated carbocycles. The second kappa shape index (κ2) is 6.32. The molecule has 1 N–H and O–H groups in total. The number of benzene rings is 2. The average Bonchev–Trinajstić information content (AvgIpc) is 2.47. The number of aliphatic carboxylic acids is 1. The molecule has 0 heterocycles. The minimum atomic E-state index is -1.06. The smallest absolute Gasteiger partial charge is 0.102 e. The fourth-order valence-electron chi connectivity index (χ4n) is 2.43. The second-order valence-electron chi connectivity index (χ2n) is 6.57. The number of carboxylic acid groups (broad SMARTS) is 1. The lowest BCUT2D eigenvalue weighted by Gasteiger charge is -2.26. The van der Waals surface area contributed by atoms with Crippen molar-refractivity contribution in [1.82, 2.24) is 0 Å². The first kappa shape index (κ1) is 16.2.